The summed E-state index contributed by atoms with van der Waals surface area (Å²) in [6.07, 6.45) is 7.90. The predicted octanol–water partition coefficient (Wildman–Crippen LogP) is 1.63. The van der Waals surface area contributed by atoms with E-state index in [4.69, 9.17) is 0 Å². The van der Waals surface area contributed by atoms with Crippen molar-refractivity contribution in [1.82, 2.24) is 20.5 Å². The fourth-order valence-electron chi connectivity index (χ4n) is 2.35. The van der Waals surface area contributed by atoms with Gasteiger partial charge in [-0.05, 0) is 18.9 Å². The molecule has 0 aliphatic heterocycles. The summed E-state index contributed by atoms with van der Waals surface area (Å²) in [5.74, 6) is -0.101. The minimum absolute atomic E-state index is 0.101. The van der Waals surface area contributed by atoms with E-state index in [-0.39, 0.29) is 5.91 Å². The van der Waals surface area contributed by atoms with E-state index in [9.17, 15) is 4.79 Å². The van der Waals surface area contributed by atoms with Crippen LogP contribution in [0.5, 0.6) is 0 Å². The highest BCUT2D eigenvalue weighted by Crippen LogP contribution is 2.19. The van der Waals surface area contributed by atoms with E-state index in [2.05, 4.69) is 20.5 Å². The number of amides is 1. The molecule has 1 fully saturated rings. The first-order valence-electron chi connectivity index (χ1n) is 5.93. The Morgan fingerprint density at radius 3 is 3.06 bits per heavy atom. The smallest absolute Gasteiger partial charge is 0.272 e. The maximum absolute atomic E-state index is 12.1. The summed E-state index contributed by atoms with van der Waals surface area (Å²) in [5, 5.41) is 10.7. The molecule has 2 aromatic rings. The second-order valence-corrected chi connectivity index (χ2v) is 4.45. The van der Waals surface area contributed by atoms with Gasteiger partial charge in [-0.15, -0.1) is 0 Å². The molecule has 88 valence electrons. The van der Waals surface area contributed by atoms with Crippen molar-refractivity contribution in [2.75, 3.05) is 0 Å². The molecule has 2 N–H and O–H groups in total. The molecule has 2 aromatic heterocycles. The number of nitrogens with one attached hydrogen (secondary N) is 2. The minimum atomic E-state index is -0.101. The molecule has 0 spiro atoms. The molecule has 0 atom stereocenters. The molecule has 17 heavy (non-hydrogen) atoms. The summed E-state index contributed by atoms with van der Waals surface area (Å²) in [7, 11) is 0. The fraction of sp³-hybridized carbons (Fsp3) is 0.417. The van der Waals surface area contributed by atoms with E-state index >= 15 is 0 Å². The number of pyridine rings is 1. The Balaban J connectivity index is 1.85. The molecule has 1 aliphatic carbocycles. The summed E-state index contributed by atoms with van der Waals surface area (Å²) in [4.78, 5) is 16.1. The van der Waals surface area contributed by atoms with Gasteiger partial charge in [0.15, 0.2) is 5.69 Å². The molecule has 1 amide bonds. The number of nitrogens with zero attached hydrogens (tertiary/aromatic N) is 2. The monoisotopic (exact) mass is 230 g/mol. The third-order valence-electron chi connectivity index (χ3n) is 3.27. The van der Waals surface area contributed by atoms with Crippen LogP contribution in [0.3, 0.4) is 0 Å². The van der Waals surface area contributed by atoms with Gasteiger partial charge in [0.05, 0.1) is 10.9 Å². The number of hydrogen-bond acceptors (Lipinski definition) is 3. The van der Waals surface area contributed by atoms with Gasteiger partial charge >= 0.3 is 0 Å². The Labute approximate surface area is 98.6 Å². The van der Waals surface area contributed by atoms with Crippen molar-refractivity contribution >= 4 is 16.8 Å². The predicted molar refractivity (Wildman–Crippen MR) is 63.6 cm³/mol. The van der Waals surface area contributed by atoms with Gasteiger partial charge in [0.25, 0.3) is 5.91 Å². The van der Waals surface area contributed by atoms with Gasteiger partial charge in [-0.2, -0.15) is 5.10 Å². The summed E-state index contributed by atoms with van der Waals surface area (Å²) in [6, 6.07) is 2.13. The number of aromatic nitrogens is 3. The molecular formula is C12H14N4O. The fourth-order valence-corrected chi connectivity index (χ4v) is 2.35. The van der Waals surface area contributed by atoms with Crippen molar-refractivity contribution in [2.24, 2.45) is 0 Å². The van der Waals surface area contributed by atoms with Crippen LogP contribution in [-0.4, -0.2) is 27.1 Å². The van der Waals surface area contributed by atoms with Crippen molar-refractivity contribution < 1.29 is 4.79 Å². The van der Waals surface area contributed by atoms with Gasteiger partial charge in [-0.3, -0.25) is 14.9 Å². The molecule has 0 aromatic carbocycles. The number of rotatable bonds is 2. The Morgan fingerprint density at radius 2 is 2.24 bits per heavy atom. The number of carbonyl (C=O) groups is 1. The lowest BCUT2D eigenvalue weighted by Crippen LogP contribution is -2.32. The quantitative estimate of drug-likeness (QED) is 0.823. The van der Waals surface area contributed by atoms with E-state index in [0.29, 0.717) is 11.7 Å². The normalized spacial score (nSPS) is 16.5. The summed E-state index contributed by atoms with van der Waals surface area (Å²) in [6.45, 7) is 0. The minimum Gasteiger partial charge on any atom is -0.348 e. The third kappa shape index (κ3) is 1.88. The lowest BCUT2D eigenvalue weighted by molar-refractivity contribution is 0.0934. The van der Waals surface area contributed by atoms with Gasteiger partial charge in [0, 0.05) is 18.4 Å². The molecule has 1 saturated carbocycles. The lowest BCUT2D eigenvalue weighted by Gasteiger charge is -2.10. The van der Waals surface area contributed by atoms with Gasteiger partial charge in [0.2, 0.25) is 0 Å². The molecule has 3 rings (SSSR count). The standard InChI is InChI=1S/C12H14N4O/c17-12(14-8-3-1-2-4-8)11-9-7-13-6-5-10(9)15-16-11/h5-8H,1-4H2,(H,14,17)(H,15,16). The highest BCUT2D eigenvalue weighted by Gasteiger charge is 2.20. The van der Waals surface area contributed by atoms with Crippen LogP contribution in [0.1, 0.15) is 36.2 Å². The first-order valence-corrected chi connectivity index (χ1v) is 5.93. The maximum atomic E-state index is 12.1. The van der Waals surface area contributed by atoms with Crippen LogP contribution < -0.4 is 5.32 Å². The third-order valence-corrected chi connectivity index (χ3v) is 3.27. The Kier molecular flexibility index (Phi) is 2.51. The van der Waals surface area contributed by atoms with Gasteiger partial charge in [-0.1, -0.05) is 12.8 Å². The Bertz CT molecular complexity index is 542. The lowest BCUT2D eigenvalue weighted by atomic mass is 10.2. The number of carbonyl (C=O) groups excluding carboxylic acids is 1. The second-order valence-electron chi connectivity index (χ2n) is 4.45. The van der Waals surface area contributed by atoms with Crippen molar-refractivity contribution in [3.8, 4) is 0 Å². The first kappa shape index (κ1) is 10.3. The van der Waals surface area contributed by atoms with Crippen molar-refractivity contribution in [2.45, 2.75) is 31.7 Å². The topological polar surface area (TPSA) is 70.7 Å². The van der Waals surface area contributed by atoms with E-state index in [1.54, 1.807) is 12.4 Å². The van der Waals surface area contributed by atoms with E-state index in [1.165, 1.54) is 12.8 Å². The molecule has 0 radical (unpaired) electrons. The summed E-state index contributed by atoms with van der Waals surface area (Å²) < 4.78 is 0. The zero-order chi connectivity index (χ0) is 11.7. The molecule has 0 bridgehead atoms. The highest BCUT2D eigenvalue weighted by atomic mass is 16.2. The number of aromatic amines is 1. The summed E-state index contributed by atoms with van der Waals surface area (Å²) in [5.41, 5.74) is 1.29. The molecular weight excluding hydrogens is 216 g/mol. The molecule has 0 saturated heterocycles. The summed E-state index contributed by atoms with van der Waals surface area (Å²) >= 11 is 0. The van der Waals surface area contributed by atoms with Gasteiger partial charge in [0.1, 0.15) is 0 Å². The zero-order valence-electron chi connectivity index (χ0n) is 9.44. The van der Waals surface area contributed by atoms with Crippen LogP contribution in [0, 0.1) is 0 Å². The van der Waals surface area contributed by atoms with Gasteiger partial charge in [-0.25, -0.2) is 0 Å². The SMILES string of the molecule is O=C(NC1CCCC1)c1n[nH]c2ccncc12. The average molecular weight is 230 g/mol. The van der Waals surface area contributed by atoms with Crippen LogP contribution in [0.4, 0.5) is 0 Å². The van der Waals surface area contributed by atoms with Crippen LogP contribution in [0.2, 0.25) is 0 Å². The molecule has 0 unspecified atom stereocenters. The Hall–Kier alpha value is -1.91. The second kappa shape index (κ2) is 4.16. The maximum Gasteiger partial charge on any atom is 0.272 e. The number of H-pyrrole nitrogens is 1. The van der Waals surface area contributed by atoms with Crippen LogP contribution in [0.25, 0.3) is 10.9 Å². The highest BCUT2D eigenvalue weighted by molar-refractivity contribution is 6.04. The van der Waals surface area contributed by atoms with Gasteiger partial charge < -0.3 is 5.32 Å². The van der Waals surface area contributed by atoms with E-state index < -0.39 is 0 Å². The number of hydrogen-bond donors (Lipinski definition) is 2. The van der Waals surface area contributed by atoms with Crippen molar-refractivity contribution in [3.05, 3.63) is 24.2 Å². The van der Waals surface area contributed by atoms with Crippen molar-refractivity contribution in [3.63, 3.8) is 0 Å². The molecule has 5 nitrogen and oxygen atoms in total. The number of fused-ring (bicyclic) bond motifs is 1. The van der Waals surface area contributed by atoms with E-state index in [0.717, 1.165) is 23.7 Å². The van der Waals surface area contributed by atoms with Crippen LogP contribution >= 0.6 is 0 Å². The largest absolute Gasteiger partial charge is 0.348 e. The van der Waals surface area contributed by atoms with Crippen LogP contribution in [0.15, 0.2) is 18.5 Å². The molecule has 2 heterocycles. The van der Waals surface area contributed by atoms with E-state index in [1.807, 2.05) is 6.07 Å². The average Bonchev–Trinajstić information content (AvgIpc) is 2.96. The molecule has 5 heteroatoms. The molecule has 1 aliphatic rings. The van der Waals surface area contributed by atoms with Crippen molar-refractivity contribution in [1.29, 1.82) is 0 Å². The van der Waals surface area contributed by atoms with Crippen LogP contribution in [-0.2, 0) is 0 Å². The zero-order valence-corrected chi connectivity index (χ0v) is 9.44. The first-order chi connectivity index (χ1) is 8.34. The Morgan fingerprint density at radius 1 is 1.41 bits per heavy atom.